The Labute approximate surface area is 91.0 Å². The van der Waals surface area contributed by atoms with Crippen LogP contribution in [0.3, 0.4) is 0 Å². The molecule has 1 fully saturated rings. The molecule has 0 bridgehead atoms. The second-order valence-electron chi connectivity index (χ2n) is 4.08. The molecule has 1 rings (SSSR count). The van der Waals surface area contributed by atoms with E-state index < -0.39 is 0 Å². The molecule has 0 spiro atoms. The number of hydrogen-bond donors (Lipinski definition) is 2. The van der Waals surface area contributed by atoms with Gasteiger partial charge in [-0.3, -0.25) is 4.79 Å². The van der Waals surface area contributed by atoms with Gasteiger partial charge >= 0.3 is 0 Å². The molecule has 0 aromatic heterocycles. The molecule has 0 aromatic rings. The summed E-state index contributed by atoms with van der Waals surface area (Å²) >= 11 is 0. The van der Waals surface area contributed by atoms with E-state index in [9.17, 15) is 9.90 Å². The average Bonchev–Trinajstić information content (AvgIpc) is 2.22. The van der Waals surface area contributed by atoms with E-state index in [1.54, 1.807) is 0 Å². The number of hydrogen-bond acceptors (Lipinski definition) is 3. The lowest BCUT2D eigenvalue weighted by Gasteiger charge is -2.28. The SMILES string of the molecule is CCCOCC(=O)NC1CCCCC1O. The van der Waals surface area contributed by atoms with Crippen molar-refractivity contribution in [1.82, 2.24) is 5.32 Å². The monoisotopic (exact) mass is 215 g/mol. The molecule has 88 valence electrons. The van der Waals surface area contributed by atoms with Crippen LogP contribution in [0.5, 0.6) is 0 Å². The van der Waals surface area contributed by atoms with E-state index in [4.69, 9.17) is 4.74 Å². The summed E-state index contributed by atoms with van der Waals surface area (Å²) in [5.41, 5.74) is 0. The van der Waals surface area contributed by atoms with Crippen LogP contribution in [0, 0.1) is 0 Å². The molecule has 0 saturated heterocycles. The largest absolute Gasteiger partial charge is 0.391 e. The Bertz CT molecular complexity index is 196. The fourth-order valence-electron chi connectivity index (χ4n) is 1.84. The van der Waals surface area contributed by atoms with E-state index in [1.165, 1.54) is 0 Å². The molecule has 0 radical (unpaired) electrons. The third kappa shape index (κ3) is 4.62. The van der Waals surface area contributed by atoms with Crippen molar-refractivity contribution in [2.45, 2.75) is 51.2 Å². The maximum absolute atomic E-state index is 11.4. The van der Waals surface area contributed by atoms with Crippen LogP contribution in [-0.2, 0) is 9.53 Å². The molecule has 2 atom stereocenters. The van der Waals surface area contributed by atoms with Gasteiger partial charge < -0.3 is 15.2 Å². The minimum atomic E-state index is -0.381. The molecule has 1 saturated carbocycles. The van der Waals surface area contributed by atoms with Gasteiger partial charge in [-0.05, 0) is 19.3 Å². The molecule has 0 heterocycles. The summed E-state index contributed by atoms with van der Waals surface area (Å²) in [7, 11) is 0. The number of amides is 1. The van der Waals surface area contributed by atoms with Crippen molar-refractivity contribution in [2.75, 3.05) is 13.2 Å². The third-order valence-corrected chi connectivity index (χ3v) is 2.66. The van der Waals surface area contributed by atoms with E-state index in [2.05, 4.69) is 5.32 Å². The number of carbonyl (C=O) groups excluding carboxylic acids is 1. The second kappa shape index (κ2) is 6.80. The van der Waals surface area contributed by atoms with Gasteiger partial charge in [-0.15, -0.1) is 0 Å². The van der Waals surface area contributed by atoms with Gasteiger partial charge in [-0.25, -0.2) is 0 Å². The molecule has 2 N–H and O–H groups in total. The van der Waals surface area contributed by atoms with E-state index >= 15 is 0 Å². The van der Waals surface area contributed by atoms with Crippen molar-refractivity contribution in [2.24, 2.45) is 0 Å². The molecule has 2 unspecified atom stereocenters. The van der Waals surface area contributed by atoms with Gasteiger partial charge in [0.1, 0.15) is 6.61 Å². The maximum atomic E-state index is 11.4. The van der Waals surface area contributed by atoms with Crippen molar-refractivity contribution < 1.29 is 14.6 Å². The lowest BCUT2D eigenvalue weighted by Crippen LogP contribution is -2.46. The Morgan fingerprint density at radius 3 is 2.87 bits per heavy atom. The van der Waals surface area contributed by atoms with Crippen molar-refractivity contribution >= 4 is 5.91 Å². The normalized spacial score (nSPS) is 26.3. The first-order valence-electron chi connectivity index (χ1n) is 5.79. The van der Waals surface area contributed by atoms with Crippen LogP contribution < -0.4 is 5.32 Å². The van der Waals surface area contributed by atoms with Crippen molar-refractivity contribution in [1.29, 1.82) is 0 Å². The zero-order valence-electron chi connectivity index (χ0n) is 9.37. The second-order valence-corrected chi connectivity index (χ2v) is 4.08. The molecular weight excluding hydrogens is 194 g/mol. The zero-order chi connectivity index (χ0) is 11.1. The minimum absolute atomic E-state index is 0.0727. The average molecular weight is 215 g/mol. The van der Waals surface area contributed by atoms with Crippen LogP contribution in [0.1, 0.15) is 39.0 Å². The summed E-state index contributed by atoms with van der Waals surface area (Å²) < 4.78 is 5.13. The van der Waals surface area contributed by atoms with Gasteiger partial charge in [0, 0.05) is 6.61 Å². The number of nitrogens with one attached hydrogen (secondary N) is 1. The first-order chi connectivity index (χ1) is 7.24. The standard InChI is InChI=1S/C11H21NO3/c1-2-7-15-8-11(14)12-9-5-3-4-6-10(9)13/h9-10,13H,2-8H2,1H3,(H,12,14). The van der Waals surface area contributed by atoms with Crippen LogP contribution in [0.25, 0.3) is 0 Å². The lowest BCUT2D eigenvalue weighted by molar-refractivity contribution is -0.127. The Morgan fingerprint density at radius 2 is 2.20 bits per heavy atom. The van der Waals surface area contributed by atoms with E-state index in [0.29, 0.717) is 6.61 Å². The fraction of sp³-hybridized carbons (Fsp3) is 0.909. The highest BCUT2D eigenvalue weighted by molar-refractivity contribution is 5.77. The predicted molar refractivity (Wildman–Crippen MR) is 57.5 cm³/mol. The Balaban J connectivity index is 2.18. The van der Waals surface area contributed by atoms with Gasteiger partial charge in [-0.1, -0.05) is 19.8 Å². The highest BCUT2D eigenvalue weighted by Crippen LogP contribution is 2.18. The summed E-state index contributed by atoms with van der Waals surface area (Å²) in [6, 6.07) is -0.0727. The van der Waals surface area contributed by atoms with Crippen LogP contribution in [0.2, 0.25) is 0 Å². The van der Waals surface area contributed by atoms with E-state index in [1.807, 2.05) is 6.92 Å². The lowest BCUT2D eigenvalue weighted by atomic mass is 9.92. The van der Waals surface area contributed by atoms with Crippen molar-refractivity contribution in [3.8, 4) is 0 Å². The molecular formula is C11H21NO3. The summed E-state index contributed by atoms with van der Waals surface area (Å²) in [5, 5.41) is 12.4. The topological polar surface area (TPSA) is 58.6 Å². The minimum Gasteiger partial charge on any atom is -0.391 e. The summed E-state index contributed by atoms with van der Waals surface area (Å²) in [5.74, 6) is -0.116. The molecule has 0 aromatic carbocycles. The van der Waals surface area contributed by atoms with Gasteiger partial charge in [0.15, 0.2) is 0 Å². The first-order valence-corrected chi connectivity index (χ1v) is 5.79. The number of carbonyl (C=O) groups is 1. The fourth-order valence-corrected chi connectivity index (χ4v) is 1.84. The molecule has 1 aliphatic rings. The highest BCUT2D eigenvalue weighted by atomic mass is 16.5. The van der Waals surface area contributed by atoms with Crippen molar-refractivity contribution in [3.63, 3.8) is 0 Å². The molecule has 1 aliphatic carbocycles. The van der Waals surface area contributed by atoms with Crippen LogP contribution in [0.4, 0.5) is 0 Å². The highest BCUT2D eigenvalue weighted by Gasteiger charge is 2.24. The molecule has 1 amide bonds. The van der Waals surface area contributed by atoms with E-state index in [-0.39, 0.29) is 24.7 Å². The van der Waals surface area contributed by atoms with Gasteiger partial charge in [0.05, 0.1) is 12.1 Å². The van der Waals surface area contributed by atoms with Crippen LogP contribution in [0.15, 0.2) is 0 Å². The summed E-state index contributed by atoms with van der Waals surface area (Å²) in [6.07, 6.45) is 4.34. The summed E-state index contributed by atoms with van der Waals surface area (Å²) in [6.45, 7) is 2.72. The molecule has 0 aliphatic heterocycles. The third-order valence-electron chi connectivity index (χ3n) is 2.66. The Morgan fingerprint density at radius 1 is 1.47 bits per heavy atom. The Kier molecular flexibility index (Phi) is 5.65. The number of aliphatic hydroxyl groups is 1. The van der Waals surface area contributed by atoms with Gasteiger partial charge in [-0.2, -0.15) is 0 Å². The molecule has 4 nitrogen and oxygen atoms in total. The summed E-state index contributed by atoms with van der Waals surface area (Å²) in [4.78, 5) is 11.4. The van der Waals surface area contributed by atoms with Crippen LogP contribution in [-0.4, -0.2) is 36.4 Å². The maximum Gasteiger partial charge on any atom is 0.246 e. The molecule has 15 heavy (non-hydrogen) atoms. The predicted octanol–water partition coefficient (Wildman–Crippen LogP) is 0.833. The number of aliphatic hydroxyl groups excluding tert-OH is 1. The smallest absolute Gasteiger partial charge is 0.246 e. The van der Waals surface area contributed by atoms with Gasteiger partial charge in [0.2, 0.25) is 5.91 Å². The quantitative estimate of drug-likeness (QED) is 0.668. The Hall–Kier alpha value is -0.610. The van der Waals surface area contributed by atoms with Gasteiger partial charge in [0.25, 0.3) is 0 Å². The zero-order valence-corrected chi connectivity index (χ0v) is 9.37. The van der Waals surface area contributed by atoms with E-state index in [0.717, 1.165) is 32.1 Å². The van der Waals surface area contributed by atoms with Crippen molar-refractivity contribution in [3.05, 3.63) is 0 Å². The number of ether oxygens (including phenoxy) is 1. The first kappa shape index (κ1) is 12.5. The van der Waals surface area contributed by atoms with Crippen LogP contribution >= 0.6 is 0 Å². The number of rotatable bonds is 5. The molecule has 4 heteroatoms.